The van der Waals surface area contributed by atoms with Crippen LogP contribution in [0.3, 0.4) is 0 Å². The lowest BCUT2D eigenvalue weighted by Gasteiger charge is -2.17. The van der Waals surface area contributed by atoms with Crippen molar-refractivity contribution in [2.75, 3.05) is 13.2 Å². The number of carbonyl (C=O) groups is 2. The minimum absolute atomic E-state index is 0.105. The Labute approximate surface area is 134 Å². The highest BCUT2D eigenvalue weighted by Gasteiger charge is 2.22. The number of esters is 1. The molecule has 1 atom stereocenters. The molecule has 0 aromatic heterocycles. The molecule has 1 aromatic carbocycles. The number of carbonyl (C=O) groups excluding carboxylic acids is 2. The van der Waals surface area contributed by atoms with Gasteiger partial charge in [0.15, 0.2) is 0 Å². The van der Waals surface area contributed by atoms with Crippen molar-refractivity contribution in [1.29, 1.82) is 0 Å². The molecule has 1 amide bonds. The third-order valence-corrected chi connectivity index (χ3v) is 3.16. The molecule has 0 unspecified atom stereocenters. The number of nitro benzene ring substituents is 1. The fourth-order valence-corrected chi connectivity index (χ4v) is 1.96. The SMILES string of the molecule is CCOC(=O)[C@H](CCCCN)NC(=O)c1ccc([N+](=O)[O-])cc1. The van der Waals surface area contributed by atoms with Crippen LogP contribution < -0.4 is 11.1 Å². The lowest BCUT2D eigenvalue weighted by Crippen LogP contribution is -2.42. The van der Waals surface area contributed by atoms with E-state index in [0.29, 0.717) is 19.4 Å². The maximum Gasteiger partial charge on any atom is 0.328 e. The standard InChI is InChI=1S/C15H21N3O5/c1-2-23-15(20)13(5-3-4-10-16)17-14(19)11-6-8-12(9-7-11)18(21)22/h6-9,13H,2-5,10,16H2,1H3,(H,17,19)/t13-/m0/s1. The Hall–Kier alpha value is -2.48. The van der Waals surface area contributed by atoms with Gasteiger partial charge in [-0.25, -0.2) is 4.79 Å². The monoisotopic (exact) mass is 323 g/mol. The van der Waals surface area contributed by atoms with Crippen molar-refractivity contribution in [1.82, 2.24) is 5.32 Å². The molecule has 8 heteroatoms. The van der Waals surface area contributed by atoms with Gasteiger partial charge in [0.2, 0.25) is 0 Å². The Morgan fingerprint density at radius 3 is 2.48 bits per heavy atom. The van der Waals surface area contributed by atoms with Crippen LogP contribution in [0.25, 0.3) is 0 Å². The number of amides is 1. The van der Waals surface area contributed by atoms with Crippen molar-refractivity contribution in [2.24, 2.45) is 5.73 Å². The van der Waals surface area contributed by atoms with Gasteiger partial charge in [-0.2, -0.15) is 0 Å². The van der Waals surface area contributed by atoms with Gasteiger partial charge < -0.3 is 15.8 Å². The van der Waals surface area contributed by atoms with Gasteiger partial charge in [-0.3, -0.25) is 14.9 Å². The summed E-state index contributed by atoms with van der Waals surface area (Å²) in [6.45, 7) is 2.42. The van der Waals surface area contributed by atoms with E-state index in [-0.39, 0.29) is 17.9 Å². The van der Waals surface area contributed by atoms with Crippen LogP contribution >= 0.6 is 0 Å². The molecule has 23 heavy (non-hydrogen) atoms. The van der Waals surface area contributed by atoms with Crippen LogP contribution in [0.2, 0.25) is 0 Å². The fourth-order valence-electron chi connectivity index (χ4n) is 1.96. The Bertz CT molecular complexity index is 545. The second-order valence-electron chi connectivity index (χ2n) is 4.87. The summed E-state index contributed by atoms with van der Waals surface area (Å²) in [6.07, 6.45) is 1.85. The number of hydrogen-bond donors (Lipinski definition) is 2. The molecule has 0 aliphatic heterocycles. The predicted molar refractivity (Wildman–Crippen MR) is 83.9 cm³/mol. The summed E-state index contributed by atoms with van der Waals surface area (Å²) in [5.41, 5.74) is 5.56. The first-order chi connectivity index (χ1) is 11.0. The first-order valence-corrected chi connectivity index (χ1v) is 7.41. The Balaban J connectivity index is 2.74. The van der Waals surface area contributed by atoms with Crippen molar-refractivity contribution < 1.29 is 19.2 Å². The second kappa shape index (κ2) is 9.52. The van der Waals surface area contributed by atoms with Crippen LogP contribution in [0.5, 0.6) is 0 Å². The molecule has 1 rings (SSSR count). The van der Waals surface area contributed by atoms with Crippen molar-refractivity contribution >= 4 is 17.6 Å². The van der Waals surface area contributed by atoms with E-state index >= 15 is 0 Å². The summed E-state index contributed by atoms with van der Waals surface area (Å²) in [7, 11) is 0. The molecular formula is C15H21N3O5. The highest BCUT2D eigenvalue weighted by molar-refractivity contribution is 5.96. The zero-order valence-electron chi connectivity index (χ0n) is 13.0. The average Bonchev–Trinajstić information content (AvgIpc) is 2.54. The average molecular weight is 323 g/mol. The van der Waals surface area contributed by atoms with Gasteiger partial charge >= 0.3 is 5.97 Å². The second-order valence-corrected chi connectivity index (χ2v) is 4.87. The summed E-state index contributed by atoms with van der Waals surface area (Å²) < 4.78 is 4.95. The van der Waals surface area contributed by atoms with E-state index in [0.717, 1.165) is 6.42 Å². The topological polar surface area (TPSA) is 125 Å². The van der Waals surface area contributed by atoms with Gasteiger partial charge in [0.05, 0.1) is 11.5 Å². The molecule has 0 radical (unpaired) electrons. The fraction of sp³-hybridized carbons (Fsp3) is 0.467. The normalized spacial score (nSPS) is 11.6. The zero-order chi connectivity index (χ0) is 17.2. The molecule has 1 aromatic rings. The molecule has 0 heterocycles. The number of nitrogens with zero attached hydrogens (tertiary/aromatic N) is 1. The number of nitrogens with one attached hydrogen (secondary N) is 1. The minimum Gasteiger partial charge on any atom is -0.464 e. The van der Waals surface area contributed by atoms with E-state index in [2.05, 4.69) is 5.32 Å². The first kappa shape index (κ1) is 18.6. The van der Waals surface area contributed by atoms with Crippen molar-refractivity contribution in [3.63, 3.8) is 0 Å². The summed E-state index contributed by atoms with van der Waals surface area (Å²) in [6, 6.07) is 4.40. The minimum atomic E-state index is -0.760. The van der Waals surface area contributed by atoms with Crippen molar-refractivity contribution in [3.05, 3.63) is 39.9 Å². The van der Waals surface area contributed by atoms with E-state index in [9.17, 15) is 19.7 Å². The van der Waals surface area contributed by atoms with Crippen LogP contribution in [0.1, 0.15) is 36.5 Å². The van der Waals surface area contributed by atoms with Gasteiger partial charge in [0, 0.05) is 17.7 Å². The number of non-ortho nitro benzene ring substituents is 1. The van der Waals surface area contributed by atoms with E-state index in [1.807, 2.05) is 0 Å². The summed E-state index contributed by atoms with van der Waals surface area (Å²) in [5.74, 6) is -0.981. The Morgan fingerprint density at radius 2 is 1.96 bits per heavy atom. The van der Waals surface area contributed by atoms with Crippen molar-refractivity contribution in [3.8, 4) is 0 Å². The Kier molecular flexibility index (Phi) is 7.69. The maximum absolute atomic E-state index is 12.2. The smallest absolute Gasteiger partial charge is 0.328 e. The molecule has 0 fully saturated rings. The van der Waals surface area contributed by atoms with E-state index in [1.54, 1.807) is 6.92 Å². The molecule has 3 N–H and O–H groups in total. The molecule has 0 saturated heterocycles. The van der Waals surface area contributed by atoms with Crippen LogP contribution in [-0.4, -0.2) is 36.0 Å². The van der Waals surface area contributed by atoms with Crippen LogP contribution in [-0.2, 0) is 9.53 Å². The van der Waals surface area contributed by atoms with Crippen LogP contribution in [0.15, 0.2) is 24.3 Å². The van der Waals surface area contributed by atoms with Crippen molar-refractivity contribution in [2.45, 2.75) is 32.2 Å². The largest absolute Gasteiger partial charge is 0.464 e. The lowest BCUT2D eigenvalue weighted by molar-refractivity contribution is -0.384. The Morgan fingerprint density at radius 1 is 1.30 bits per heavy atom. The van der Waals surface area contributed by atoms with Gasteiger partial charge in [0.25, 0.3) is 11.6 Å². The maximum atomic E-state index is 12.2. The third kappa shape index (κ3) is 6.03. The zero-order valence-corrected chi connectivity index (χ0v) is 13.0. The highest BCUT2D eigenvalue weighted by Crippen LogP contribution is 2.12. The number of ether oxygens (including phenoxy) is 1. The van der Waals surface area contributed by atoms with E-state index < -0.39 is 22.8 Å². The third-order valence-electron chi connectivity index (χ3n) is 3.16. The van der Waals surface area contributed by atoms with Crippen LogP contribution in [0.4, 0.5) is 5.69 Å². The predicted octanol–water partition coefficient (Wildman–Crippen LogP) is 1.39. The summed E-state index contributed by atoms with van der Waals surface area (Å²) >= 11 is 0. The molecule has 0 bridgehead atoms. The molecule has 126 valence electrons. The number of rotatable bonds is 9. The van der Waals surface area contributed by atoms with Gasteiger partial charge in [-0.15, -0.1) is 0 Å². The first-order valence-electron chi connectivity index (χ1n) is 7.41. The summed E-state index contributed by atoms with van der Waals surface area (Å²) in [4.78, 5) is 34.1. The summed E-state index contributed by atoms with van der Waals surface area (Å²) in [5, 5.41) is 13.2. The van der Waals surface area contributed by atoms with Gasteiger partial charge in [0.1, 0.15) is 6.04 Å². The molecule has 0 saturated carbocycles. The molecule has 0 aliphatic carbocycles. The van der Waals surface area contributed by atoms with E-state index in [4.69, 9.17) is 10.5 Å². The van der Waals surface area contributed by atoms with Gasteiger partial charge in [-0.05, 0) is 44.9 Å². The van der Waals surface area contributed by atoms with Gasteiger partial charge in [-0.1, -0.05) is 0 Å². The molecule has 8 nitrogen and oxygen atoms in total. The quantitative estimate of drug-likeness (QED) is 0.306. The number of nitro groups is 1. The lowest BCUT2D eigenvalue weighted by atomic mass is 10.1. The van der Waals surface area contributed by atoms with Crippen LogP contribution in [0, 0.1) is 10.1 Å². The number of nitrogens with two attached hydrogens (primary N) is 1. The number of benzene rings is 1. The number of hydrogen-bond acceptors (Lipinski definition) is 6. The highest BCUT2D eigenvalue weighted by atomic mass is 16.6. The molecule has 0 spiro atoms. The molecule has 0 aliphatic rings. The van der Waals surface area contributed by atoms with E-state index in [1.165, 1.54) is 24.3 Å². The number of unbranched alkanes of at least 4 members (excludes halogenated alkanes) is 1. The molecular weight excluding hydrogens is 302 g/mol.